The standard InChI is InChI=1S/C28H34FN3O2/c1-18-25(19(2)32(3)31-18)17-30-21-9-11-22(12-10-21)33-23-13-15-27-20(16-23)8-14-28(34-27)24-6-4-5-7-26(24)29/h4-7,13,15-16,21-22,28,30H,8-12,14,17H2,1-3H3. The van der Waals surface area contributed by atoms with Crippen molar-refractivity contribution in [1.29, 1.82) is 0 Å². The summed E-state index contributed by atoms with van der Waals surface area (Å²) in [5.74, 6) is 1.54. The van der Waals surface area contributed by atoms with Crippen molar-refractivity contribution in [2.24, 2.45) is 7.05 Å². The van der Waals surface area contributed by atoms with E-state index in [2.05, 4.69) is 30.3 Å². The molecule has 0 saturated heterocycles. The average Bonchev–Trinajstić information content (AvgIpc) is 3.09. The van der Waals surface area contributed by atoms with Crippen LogP contribution >= 0.6 is 0 Å². The molecular formula is C28H34FN3O2. The first-order valence-electron chi connectivity index (χ1n) is 12.4. The summed E-state index contributed by atoms with van der Waals surface area (Å²) in [5.41, 5.74) is 5.43. The van der Waals surface area contributed by atoms with Crippen LogP contribution in [0.3, 0.4) is 0 Å². The van der Waals surface area contributed by atoms with Crippen LogP contribution in [0.1, 0.15) is 66.3 Å². The van der Waals surface area contributed by atoms with Gasteiger partial charge in [0, 0.05) is 36.5 Å². The predicted octanol–water partition coefficient (Wildman–Crippen LogP) is 5.72. The Labute approximate surface area is 201 Å². The van der Waals surface area contributed by atoms with E-state index >= 15 is 0 Å². The molecule has 1 atom stereocenters. The third-order valence-corrected chi connectivity index (χ3v) is 7.43. The van der Waals surface area contributed by atoms with E-state index in [1.807, 2.05) is 36.0 Å². The van der Waals surface area contributed by atoms with Crippen molar-refractivity contribution in [3.05, 3.63) is 76.4 Å². The molecule has 5 rings (SSSR count). The third kappa shape index (κ3) is 4.83. The Kier molecular flexibility index (Phi) is 6.59. The van der Waals surface area contributed by atoms with E-state index < -0.39 is 0 Å². The number of halogens is 1. The highest BCUT2D eigenvalue weighted by atomic mass is 19.1. The Morgan fingerprint density at radius 3 is 2.62 bits per heavy atom. The molecule has 5 nitrogen and oxygen atoms in total. The quantitative estimate of drug-likeness (QED) is 0.508. The molecule has 1 aliphatic carbocycles. The van der Waals surface area contributed by atoms with Crippen LogP contribution in [0.15, 0.2) is 42.5 Å². The zero-order valence-electron chi connectivity index (χ0n) is 20.3. The van der Waals surface area contributed by atoms with Crippen LogP contribution in [-0.4, -0.2) is 21.9 Å². The lowest BCUT2D eigenvalue weighted by atomic mass is 9.92. The summed E-state index contributed by atoms with van der Waals surface area (Å²) in [6, 6.07) is 13.5. The molecule has 0 amide bonds. The van der Waals surface area contributed by atoms with Gasteiger partial charge in [-0.15, -0.1) is 0 Å². The zero-order chi connectivity index (χ0) is 23.7. The summed E-state index contributed by atoms with van der Waals surface area (Å²) in [6.07, 6.45) is 5.95. The maximum Gasteiger partial charge on any atom is 0.130 e. The fourth-order valence-corrected chi connectivity index (χ4v) is 5.29. The molecule has 34 heavy (non-hydrogen) atoms. The smallest absolute Gasteiger partial charge is 0.130 e. The highest BCUT2D eigenvalue weighted by molar-refractivity contribution is 5.42. The summed E-state index contributed by atoms with van der Waals surface area (Å²) in [7, 11) is 2.00. The number of rotatable bonds is 6. The molecular weight excluding hydrogens is 429 g/mol. The Hall–Kier alpha value is -2.86. The van der Waals surface area contributed by atoms with Gasteiger partial charge in [0.2, 0.25) is 0 Å². The minimum absolute atomic E-state index is 0.202. The second-order valence-electron chi connectivity index (χ2n) is 9.68. The molecule has 0 spiro atoms. The van der Waals surface area contributed by atoms with Crippen molar-refractivity contribution in [3.63, 3.8) is 0 Å². The number of benzene rings is 2. The van der Waals surface area contributed by atoms with E-state index in [9.17, 15) is 4.39 Å². The molecule has 180 valence electrons. The van der Waals surface area contributed by atoms with E-state index in [1.165, 1.54) is 17.3 Å². The Morgan fingerprint density at radius 2 is 1.88 bits per heavy atom. The van der Waals surface area contributed by atoms with Crippen LogP contribution in [0, 0.1) is 19.7 Å². The number of nitrogens with zero attached hydrogens (tertiary/aromatic N) is 2. The molecule has 0 bridgehead atoms. The van der Waals surface area contributed by atoms with Gasteiger partial charge in [0.05, 0.1) is 11.8 Å². The number of nitrogens with one attached hydrogen (secondary N) is 1. The van der Waals surface area contributed by atoms with Gasteiger partial charge in [0.15, 0.2) is 0 Å². The number of hydrogen-bond acceptors (Lipinski definition) is 4. The van der Waals surface area contributed by atoms with Crippen molar-refractivity contribution in [2.75, 3.05) is 0 Å². The fourth-order valence-electron chi connectivity index (χ4n) is 5.29. The van der Waals surface area contributed by atoms with Gasteiger partial charge in [-0.2, -0.15) is 5.10 Å². The average molecular weight is 464 g/mol. The maximum absolute atomic E-state index is 14.2. The lowest BCUT2D eigenvalue weighted by Crippen LogP contribution is -2.36. The molecule has 1 unspecified atom stereocenters. The SMILES string of the molecule is Cc1nn(C)c(C)c1CNC1CCC(Oc2ccc3c(c2)CCC(c2ccccc2F)O3)CC1. The molecule has 1 N–H and O–H groups in total. The molecule has 1 fully saturated rings. The highest BCUT2D eigenvalue weighted by Crippen LogP contribution is 2.38. The van der Waals surface area contributed by atoms with Crippen LogP contribution < -0.4 is 14.8 Å². The molecule has 3 aromatic rings. The number of aromatic nitrogens is 2. The Bertz CT molecular complexity index is 1150. The highest BCUT2D eigenvalue weighted by Gasteiger charge is 2.26. The van der Waals surface area contributed by atoms with E-state index in [0.29, 0.717) is 11.6 Å². The lowest BCUT2D eigenvalue weighted by molar-refractivity contribution is 0.138. The fraction of sp³-hybridized carbons (Fsp3) is 0.464. The number of aryl methyl sites for hydroxylation is 3. The topological polar surface area (TPSA) is 48.3 Å². The van der Waals surface area contributed by atoms with Gasteiger partial charge < -0.3 is 14.8 Å². The summed E-state index contributed by atoms with van der Waals surface area (Å²) < 4.78 is 28.6. The number of ether oxygens (including phenoxy) is 2. The molecule has 0 radical (unpaired) electrons. The number of fused-ring (bicyclic) bond motifs is 1. The van der Waals surface area contributed by atoms with E-state index in [4.69, 9.17) is 9.47 Å². The summed E-state index contributed by atoms with van der Waals surface area (Å²) in [6.45, 7) is 5.09. The van der Waals surface area contributed by atoms with Crippen LogP contribution in [0.2, 0.25) is 0 Å². The number of hydrogen-bond donors (Lipinski definition) is 1. The Morgan fingerprint density at radius 1 is 1.09 bits per heavy atom. The molecule has 1 aliphatic heterocycles. The van der Waals surface area contributed by atoms with Crippen molar-refractivity contribution < 1.29 is 13.9 Å². The molecule has 1 aromatic heterocycles. The lowest BCUT2D eigenvalue weighted by Gasteiger charge is -2.30. The van der Waals surface area contributed by atoms with E-state index in [1.54, 1.807) is 6.07 Å². The first-order chi connectivity index (χ1) is 16.5. The van der Waals surface area contributed by atoms with E-state index in [0.717, 1.165) is 67.8 Å². The van der Waals surface area contributed by atoms with Crippen molar-refractivity contribution in [2.45, 2.75) is 77.2 Å². The predicted molar refractivity (Wildman–Crippen MR) is 131 cm³/mol. The van der Waals surface area contributed by atoms with E-state index in [-0.39, 0.29) is 18.0 Å². The van der Waals surface area contributed by atoms with Crippen molar-refractivity contribution in [1.82, 2.24) is 15.1 Å². The molecule has 2 aliphatic rings. The maximum atomic E-state index is 14.2. The second-order valence-corrected chi connectivity index (χ2v) is 9.68. The van der Waals surface area contributed by atoms with Gasteiger partial charge in [-0.05, 0) is 82.2 Å². The molecule has 6 heteroatoms. The van der Waals surface area contributed by atoms with Gasteiger partial charge in [0.25, 0.3) is 0 Å². The summed E-state index contributed by atoms with van der Waals surface area (Å²) >= 11 is 0. The van der Waals surface area contributed by atoms with Crippen molar-refractivity contribution in [3.8, 4) is 11.5 Å². The minimum Gasteiger partial charge on any atom is -0.490 e. The monoisotopic (exact) mass is 463 g/mol. The Balaban J connectivity index is 1.13. The second kappa shape index (κ2) is 9.79. The van der Waals surface area contributed by atoms with Crippen LogP contribution in [0.4, 0.5) is 4.39 Å². The molecule has 2 heterocycles. The third-order valence-electron chi connectivity index (χ3n) is 7.43. The molecule has 1 saturated carbocycles. The van der Waals surface area contributed by atoms with Gasteiger partial charge in [-0.3, -0.25) is 4.68 Å². The zero-order valence-corrected chi connectivity index (χ0v) is 20.3. The van der Waals surface area contributed by atoms with Crippen LogP contribution in [0.25, 0.3) is 0 Å². The molecule has 2 aromatic carbocycles. The first kappa shape index (κ1) is 22.9. The largest absolute Gasteiger partial charge is 0.490 e. The van der Waals surface area contributed by atoms with Gasteiger partial charge in [0.1, 0.15) is 23.4 Å². The van der Waals surface area contributed by atoms with Gasteiger partial charge in [-0.25, -0.2) is 4.39 Å². The van der Waals surface area contributed by atoms with Crippen LogP contribution in [0.5, 0.6) is 11.5 Å². The summed E-state index contributed by atoms with van der Waals surface area (Å²) in [4.78, 5) is 0. The van der Waals surface area contributed by atoms with Gasteiger partial charge in [-0.1, -0.05) is 18.2 Å². The minimum atomic E-state index is -0.234. The van der Waals surface area contributed by atoms with Crippen LogP contribution in [-0.2, 0) is 20.0 Å². The van der Waals surface area contributed by atoms with Gasteiger partial charge >= 0.3 is 0 Å². The van der Waals surface area contributed by atoms with Crippen molar-refractivity contribution >= 4 is 0 Å². The summed E-state index contributed by atoms with van der Waals surface area (Å²) in [5, 5.41) is 8.25. The normalized spacial score (nSPS) is 22.2. The first-order valence-corrected chi connectivity index (χ1v) is 12.4.